The molecule has 4 atom stereocenters. The predicted octanol–water partition coefficient (Wildman–Crippen LogP) is 8.60. The summed E-state index contributed by atoms with van der Waals surface area (Å²) in [7, 11) is 0. The smallest absolute Gasteiger partial charge is 0.127 e. The van der Waals surface area contributed by atoms with Gasteiger partial charge >= 0.3 is 0 Å². The normalized spacial score (nSPS) is 35.0. The lowest BCUT2D eigenvalue weighted by Gasteiger charge is -2.35. The van der Waals surface area contributed by atoms with E-state index in [-0.39, 0.29) is 40.9 Å². The van der Waals surface area contributed by atoms with Gasteiger partial charge in [0.2, 0.25) is 0 Å². The predicted molar refractivity (Wildman–Crippen MR) is 141 cm³/mol. The van der Waals surface area contributed by atoms with Crippen molar-refractivity contribution in [3.8, 4) is 0 Å². The molecule has 0 N–H and O–H groups in total. The molecule has 0 unspecified atom stereocenters. The average molecular weight is 457 g/mol. The first-order valence-electron chi connectivity index (χ1n) is 13.0. The molecule has 0 aromatic heterocycles. The Bertz CT molecular complexity index is 763. The molecule has 0 aromatic rings. The van der Waals surface area contributed by atoms with Gasteiger partial charge in [0.25, 0.3) is 0 Å². The lowest BCUT2D eigenvalue weighted by atomic mass is 9.69. The Morgan fingerprint density at radius 1 is 0.606 bits per heavy atom. The standard InChI is InChI=1S/2C15H24O.CH4/c2*1-10-14(2,3)12-8-6-7-11(9-16)13(12)15(10,4)5;/h2*9-11H,6-8H2,1-5H3;1H4/t10-,11+;10-,11-;/m10./s1. The van der Waals surface area contributed by atoms with Crippen LogP contribution < -0.4 is 0 Å². The summed E-state index contributed by atoms with van der Waals surface area (Å²) in [6.07, 6.45) is 9.29. The molecule has 4 rings (SSSR count). The monoisotopic (exact) mass is 456 g/mol. The van der Waals surface area contributed by atoms with E-state index in [1.54, 1.807) is 11.1 Å². The third kappa shape index (κ3) is 4.12. The van der Waals surface area contributed by atoms with E-state index < -0.39 is 0 Å². The molecule has 0 spiro atoms. The van der Waals surface area contributed by atoms with Crippen molar-refractivity contribution < 1.29 is 9.59 Å². The number of carbonyl (C=O) groups excluding carboxylic acids is 2. The highest BCUT2D eigenvalue weighted by Gasteiger charge is 2.53. The van der Waals surface area contributed by atoms with E-state index in [1.165, 1.54) is 49.4 Å². The summed E-state index contributed by atoms with van der Waals surface area (Å²) in [5.74, 6) is 1.65. The fraction of sp³-hybridized carbons (Fsp3) is 0.806. The Morgan fingerprint density at radius 2 is 0.909 bits per heavy atom. The number of hydrogen-bond donors (Lipinski definition) is 0. The summed E-state index contributed by atoms with van der Waals surface area (Å²) >= 11 is 0. The third-order valence-corrected chi connectivity index (χ3v) is 10.9. The van der Waals surface area contributed by atoms with Crippen LogP contribution in [0.3, 0.4) is 0 Å². The van der Waals surface area contributed by atoms with Gasteiger partial charge in [-0.05, 0) is 72.0 Å². The topological polar surface area (TPSA) is 34.1 Å². The van der Waals surface area contributed by atoms with Crippen LogP contribution in [-0.2, 0) is 9.59 Å². The maximum Gasteiger partial charge on any atom is 0.127 e. The summed E-state index contributed by atoms with van der Waals surface area (Å²) in [6, 6.07) is 0. The second-order valence-electron chi connectivity index (χ2n) is 13.4. The van der Waals surface area contributed by atoms with Crippen molar-refractivity contribution in [2.75, 3.05) is 0 Å². The highest BCUT2D eigenvalue weighted by atomic mass is 16.1. The number of carbonyl (C=O) groups is 2. The third-order valence-electron chi connectivity index (χ3n) is 10.9. The molecule has 0 bridgehead atoms. The van der Waals surface area contributed by atoms with Crippen molar-refractivity contribution in [1.29, 1.82) is 0 Å². The van der Waals surface area contributed by atoms with Gasteiger partial charge in [0, 0.05) is 11.8 Å². The lowest BCUT2D eigenvalue weighted by Crippen LogP contribution is -2.29. The fourth-order valence-electron chi connectivity index (χ4n) is 8.14. The van der Waals surface area contributed by atoms with Crippen molar-refractivity contribution in [2.45, 2.75) is 115 Å². The molecule has 4 aliphatic carbocycles. The number of aldehydes is 2. The number of rotatable bonds is 2. The van der Waals surface area contributed by atoms with Gasteiger partial charge < -0.3 is 9.59 Å². The number of allylic oxidation sites excluding steroid dienone is 4. The first-order valence-corrected chi connectivity index (χ1v) is 13.0. The Labute approximate surface area is 205 Å². The van der Waals surface area contributed by atoms with Crippen molar-refractivity contribution in [3.63, 3.8) is 0 Å². The summed E-state index contributed by atoms with van der Waals surface area (Å²) < 4.78 is 0. The summed E-state index contributed by atoms with van der Waals surface area (Å²) in [4.78, 5) is 22.5. The molecular formula is C31H52O2. The van der Waals surface area contributed by atoms with Crippen LogP contribution in [-0.4, -0.2) is 12.6 Å². The maximum absolute atomic E-state index is 11.3. The molecule has 0 amide bonds. The quantitative estimate of drug-likeness (QED) is 0.308. The van der Waals surface area contributed by atoms with E-state index in [1.807, 2.05) is 0 Å². The zero-order valence-corrected chi connectivity index (χ0v) is 22.5. The maximum atomic E-state index is 11.3. The Morgan fingerprint density at radius 3 is 1.18 bits per heavy atom. The molecule has 2 nitrogen and oxygen atoms in total. The van der Waals surface area contributed by atoms with Crippen LogP contribution in [0.5, 0.6) is 0 Å². The van der Waals surface area contributed by atoms with Crippen molar-refractivity contribution in [3.05, 3.63) is 22.3 Å². The van der Waals surface area contributed by atoms with Crippen LogP contribution in [0.4, 0.5) is 0 Å². The highest BCUT2D eigenvalue weighted by Crippen LogP contribution is 2.63. The summed E-state index contributed by atoms with van der Waals surface area (Å²) in [5.41, 5.74) is 7.09. The summed E-state index contributed by atoms with van der Waals surface area (Å²) in [6.45, 7) is 23.4. The minimum absolute atomic E-state index is 0. The average Bonchev–Trinajstić information content (AvgIpc) is 2.99. The minimum Gasteiger partial charge on any atom is -0.303 e. The van der Waals surface area contributed by atoms with Crippen molar-refractivity contribution in [1.82, 2.24) is 0 Å². The lowest BCUT2D eigenvalue weighted by molar-refractivity contribution is -0.111. The number of hydrogen-bond acceptors (Lipinski definition) is 2. The minimum atomic E-state index is 0. The van der Waals surface area contributed by atoms with Crippen LogP contribution in [0.1, 0.15) is 115 Å². The van der Waals surface area contributed by atoms with E-state index in [9.17, 15) is 9.59 Å². The van der Waals surface area contributed by atoms with Crippen LogP contribution in [0, 0.1) is 45.3 Å². The van der Waals surface area contributed by atoms with Crippen LogP contribution >= 0.6 is 0 Å². The zero-order valence-electron chi connectivity index (χ0n) is 22.5. The van der Waals surface area contributed by atoms with Crippen LogP contribution in [0.15, 0.2) is 22.3 Å². The second-order valence-corrected chi connectivity index (χ2v) is 13.4. The van der Waals surface area contributed by atoms with Gasteiger partial charge in [-0.2, -0.15) is 0 Å². The first kappa shape index (κ1) is 28.1. The molecule has 188 valence electrons. The molecule has 4 aliphatic rings. The first-order chi connectivity index (χ1) is 14.7. The van der Waals surface area contributed by atoms with E-state index >= 15 is 0 Å². The molecule has 0 aliphatic heterocycles. The Balaban J connectivity index is 0.000000227. The van der Waals surface area contributed by atoms with Gasteiger partial charge in [0.1, 0.15) is 12.6 Å². The largest absolute Gasteiger partial charge is 0.303 e. The molecule has 33 heavy (non-hydrogen) atoms. The molecule has 0 heterocycles. The molecule has 0 saturated carbocycles. The van der Waals surface area contributed by atoms with E-state index in [0.717, 1.165) is 12.8 Å². The fourth-order valence-corrected chi connectivity index (χ4v) is 8.14. The van der Waals surface area contributed by atoms with Gasteiger partial charge in [-0.3, -0.25) is 0 Å². The molecule has 0 radical (unpaired) electrons. The van der Waals surface area contributed by atoms with Gasteiger partial charge in [0.15, 0.2) is 0 Å². The van der Waals surface area contributed by atoms with Gasteiger partial charge in [-0.25, -0.2) is 0 Å². The Kier molecular flexibility index (Phi) is 7.75. The van der Waals surface area contributed by atoms with Crippen LogP contribution in [0.2, 0.25) is 0 Å². The van der Waals surface area contributed by atoms with E-state index in [0.29, 0.717) is 11.8 Å². The molecule has 2 heteroatoms. The SMILES string of the molecule is C.C[C@@H]1C(C)(C)C2=C([C@H](C=O)CCC2)C1(C)C.C[C@H]1C(C)(C)C2=C([C@H](C=O)CCC2)C1(C)C. The summed E-state index contributed by atoms with van der Waals surface area (Å²) in [5, 5.41) is 0. The highest BCUT2D eigenvalue weighted by molar-refractivity contribution is 5.63. The van der Waals surface area contributed by atoms with Crippen molar-refractivity contribution >= 4 is 12.6 Å². The van der Waals surface area contributed by atoms with E-state index in [4.69, 9.17) is 0 Å². The second kappa shape index (κ2) is 9.12. The molecular weight excluding hydrogens is 404 g/mol. The molecule has 0 aromatic carbocycles. The molecule has 0 fully saturated rings. The van der Waals surface area contributed by atoms with Gasteiger partial charge in [0.05, 0.1) is 0 Å². The Hall–Kier alpha value is -1.18. The van der Waals surface area contributed by atoms with Gasteiger partial charge in [-0.15, -0.1) is 0 Å². The molecule has 0 saturated heterocycles. The van der Waals surface area contributed by atoms with Crippen molar-refractivity contribution in [2.24, 2.45) is 45.3 Å². The van der Waals surface area contributed by atoms with E-state index in [2.05, 4.69) is 69.2 Å². The van der Waals surface area contributed by atoms with Gasteiger partial charge in [-0.1, -0.05) is 99.0 Å². The zero-order chi connectivity index (χ0) is 24.3. The van der Waals surface area contributed by atoms with Crippen LogP contribution in [0.25, 0.3) is 0 Å².